The number of benzene rings is 5. The third kappa shape index (κ3) is 7.38. The van der Waals surface area contributed by atoms with E-state index in [1.807, 2.05) is 30.3 Å². The molecule has 5 aromatic carbocycles. The van der Waals surface area contributed by atoms with Gasteiger partial charge in [-0.3, -0.25) is 0 Å². The Labute approximate surface area is 282 Å². The Bertz CT molecular complexity index is 1540. The lowest BCUT2D eigenvalue weighted by Gasteiger charge is -2.43. The molecule has 0 saturated heterocycles. The minimum absolute atomic E-state index is 0.0369. The highest BCUT2D eigenvalue weighted by Crippen LogP contribution is 2.42. The molecule has 0 N–H and O–H groups in total. The van der Waals surface area contributed by atoms with Crippen molar-refractivity contribution in [2.75, 3.05) is 27.4 Å². The summed E-state index contributed by atoms with van der Waals surface area (Å²) in [5, 5.41) is 2.59. The van der Waals surface area contributed by atoms with E-state index in [1.165, 1.54) is 10.4 Å². The molecule has 0 aromatic heterocycles. The molecule has 0 saturated carbocycles. The largest absolute Gasteiger partial charge is 0.497 e. The van der Waals surface area contributed by atoms with Gasteiger partial charge in [-0.05, 0) is 75.6 Å². The fraction of sp³-hybridized carbons (Fsp3) is 0.286. The van der Waals surface area contributed by atoms with Crippen LogP contribution in [0.1, 0.15) is 56.7 Å². The lowest BCUT2D eigenvalue weighted by molar-refractivity contribution is 0.0103. The first-order valence-electron chi connectivity index (χ1n) is 16.6. The van der Waals surface area contributed by atoms with Crippen LogP contribution < -0.4 is 19.8 Å². The molecule has 47 heavy (non-hydrogen) atoms. The van der Waals surface area contributed by atoms with Gasteiger partial charge in [0.05, 0.1) is 14.2 Å². The molecule has 0 aliphatic rings. The van der Waals surface area contributed by atoms with E-state index in [4.69, 9.17) is 18.6 Å². The molecular weight excluding hydrogens is 597 g/mol. The predicted octanol–water partition coefficient (Wildman–Crippen LogP) is 8.76. The van der Waals surface area contributed by atoms with Crippen molar-refractivity contribution in [1.82, 2.24) is 0 Å². The minimum atomic E-state index is -2.55. The maximum atomic E-state index is 7.14. The summed E-state index contributed by atoms with van der Waals surface area (Å²) in [6.45, 7) is 8.28. The monoisotopic (exact) mass is 644 g/mol. The van der Waals surface area contributed by atoms with Gasteiger partial charge in [0.25, 0.3) is 8.32 Å². The summed E-state index contributed by atoms with van der Waals surface area (Å²) in [4.78, 5) is 0. The van der Waals surface area contributed by atoms with E-state index < -0.39 is 13.9 Å². The zero-order valence-electron chi connectivity index (χ0n) is 28.4. The molecule has 0 amide bonds. The smallest absolute Gasteiger partial charge is 0.261 e. The molecule has 4 nitrogen and oxygen atoms in total. The third-order valence-electron chi connectivity index (χ3n) is 9.02. The molecule has 0 fully saturated rings. The highest BCUT2D eigenvalue weighted by molar-refractivity contribution is 6.99. The average molecular weight is 645 g/mol. The molecule has 5 heteroatoms. The van der Waals surface area contributed by atoms with Crippen molar-refractivity contribution in [2.45, 2.75) is 50.7 Å². The summed E-state index contributed by atoms with van der Waals surface area (Å²) in [6.07, 6.45) is 2.86. The molecule has 0 atom stereocenters. The van der Waals surface area contributed by atoms with Crippen molar-refractivity contribution in [1.29, 1.82) is 0 Å². The molecule has 0 spiro atoms. The van der Waals surface area contributed by atoms with Gasteiger partial charge in [-0.25, -0.2) is 0 Å². The topological polar surface area (TPSA) is 36.9 Å². The summed E-state index contributed by atoms with van der Waals surface area (Å²) in [6, 6.07) is 48.6. The highest BCUT2D eigenvalue weighted by atomic mass is 28.4. The van der Waals surface area contributed by atoms with Crippen LogP contribution in [0.4, 0.5) is 0 Å². The number of unbranched alkanes of at least 4 members (excludes halogenated alkanes) is 2. The second kappa shape index (κ2) is 15.6. The van der Waals surface area contributed by atoms with Gasteiger partial charge in [0.2, 0.25) is 0 Å². The van der Waals surface area contributed by atoms with E-state index in [-0.39, 0.29) is 5.04 Å². The predicted molar refractivity (Wildman–Crippen MR) is 196 cm³/mol. The standard InChI is InChI=1S/C42H48O4Si/c1-41(2,3)47(39-20-12-7-13-21-39,40-22-14-8-15-23-40)46-33-17-9-16-32-45-42(34-18-10-6-11-19-34,35-24-28-37(43-4)29-25-35)36-26-30-38(44-5)31-27-36/h6-8,10-15,18-31H,9,16-17,32-33H2,1-5H3. The van der Waals surface area contributed by atoms with Gasteiger partial charge in [-0.2, -0.15) is 0 Å². The Balaban J connectivity index is 1.35. The van der Waals surface area contributed by atoms with E-state index in [9.17, 15) is 0 Å². The molecule has 0 radical (unpaired) electrons. The van der Waals surface area contributed by atoms with Crippen LogP contribution in [0.3, 0.4) is 0 Å². The first-order chi connectivity index (χ1) is 22.8. The van der Waals surface area contributed by atoms with Gasteiger partial charge >= 0.3 is 0 Å². The van der Waals surface area contributed by atoms with Crippen molar-refractivity contribution in [3.63, 3.8) is 0 Å². The fourth-order valence-electron chi connectivity index (χ4n) is 6.67. The normalized spacial score (nSPS) is 12.1. The van der Waals surface area contributed by atoms with Crippen molar-refractivity contribution in [2.24, 2.45) is 0 Å². The molecule has 0 unspecified atom stereocenters. The third-order valence-corrected chi connectivity index (χ3v) is 14.1. The molecule has 5 aromatic rings. The van der Waals surface area contributed by atoms with Gasteiger partial charge in [-0.1, -0.05) is 136 Å². The number of rotatable bonds is 15. The maximum Gasteiger partial charge on any atom is 0.261 e. The Morgan fingerprint density at radius 2 is 0.872 bits per heavy atom. The van der Waals surface area contributed by atoms with Crippen LogP contribution in [0, 0.1) is 0 Å². The zero-order chi connectivity index (χ0) is 33.2. The van der Waals surface area contributed by atoms with Crippen molar-refractivity contribution in [3.05, 3.63) is 156 Å². The molecule has 5 rings (SSSR count). The Morgan fingerprint density at radius 1 is 0.468 bits per heavy atom. The van der Waals surface area contributed by atoms with E-state index in [1.54, 1.807) is 14.2 Å². The Morgan fingerprint density at radius 3 is 1.30 bits per heavy atom. The molecule has 0 aliphatic carbocycles. The van der Waals surface area contributed by atoms with E-state index in [0.717, 1.165) is 47.5 Å². The minimum Gasteiger partial charge on any atom is -0.497 e. The quantitative estimate of drug-likeness (QED) is 0.0649. The zero-order valence-corrected chi connectivity index (χ0v) is 29.4. The summed E-state index contributed by atoms with van der Waals surface area (Å²) in [5.74, 6) is 1.62. The van der Waals surface area contributed by atoms with Crippen LogP contribution in [0.5, 0.6) is 11.5 Å². The number of hydrogen-bond acceptors (Lipinski definition) is 4. The average Bonchev–Trinajstić information content (AvgIpc) is 3.12. The second-order valence-electron chi connectivity index (χ2n) is 12.9. The Kier molecular flexibility index (Phi) is 11.4. The first-order valence-corrected chi connectivity index (χ1v) is 18.5. The Hall–Kier alpha value is -4.16. The number of methoxy groups -OCH3 is 2. The SMILES string of the molecule is COc1ccc(C(OCCCCCO[Si](c2ccccc2)(c2ccccc2)C(C)(C)C)(c2ccccc2)c2ccc(OC)cc2)cc1. The summed E-state index contributed by atoms with van der Waals surface area (Å²) >= 11 is 0. The molecule has 244 valence electrons. The molecule has 0 aliphatic heterocycles. The van der Waals surface area contributed by atoms with E-state index in [0.29, 0.717) is 13.2 Å². The van der Waals surface area contributed by atoms with Crippen LogP contribution in [-0.2, 0) is 14.8 Å². The fourth-order valence-corrected chi connectivity index (χ4v) is 11.3. The first kappa shape index (κ1) is 34.2. The van der Waals surface area contributed by atoms with E-state index in [2.05, 4.69) is 130 Å². The van der Waals surface area contributed by atoms with Crippen LogP contribution in [-0.4, -0.2) is 35.8 Å². The summed E-state index contributed by atoms with van der Waals surface area (Å²) in [5.41, 5.74) is 2.37. The van der Waals surface area contributed by atoms with Crippen LogP contribution in [0.15, 0.2) is 140 Å². The van der Waals surface area contributed by atoms with Crippen molar-refractivity contribution >= 4 is 18.7 Å². The van der Waals surface area contributed by atoms with Crippen LogP contribution >= 0.6 is 0 Å². The summed E-state index contributed by atoms with van der Waals surface area (Å²) < 4.78 is 25.2. The van der Waals surface area contributed by atoms with Crippen LogP contribution in [0.25, 0.3) is 0 Å². The molecule has 0 bridgehead atoms. The van der Waals surface area contributed by atoms with Crippen molar-refractivity contribution < 1.29 is 18.6 Å². The molecular formula is C42H48O4Si. The van der Waals surface area contributed by atoms with Crippen LogP contribution in [0.2, 0.25) is 5.04 Å². The second-order valence-corrected chi connectivity index (χ2v) is 17.2. The van der Waals surface area contributed by atoms with E-state index >= 15 is 0 Å². The number of hydrogen-bond donors (Lipinski definition) is 0. The van der Waals surface area contributed by atoms with Crippen molar-refractivity contribution in [3.8, 4) is 11.5 Å². The maximum absolute atomic E-state index is 7.14. The lowest BCUT2D eigenvalue weighted by atomic mass is 9.80. The highest BCUT2D eigenvalue weighted by Gasteiger charge is 2.50. The van der Waals surface area contributed by atoms with Gasteiger partial charge < -0.3 is 18.6 Å². The van der Waals surface area contributed by atoms with Gasteiger partial charge in [0, 0.05) is 13.2 Å². The van der Waals surface area contributed by atoms with Gasteiger partial charge in [0.15, 0.2) is 0 Å². The van der Waals surface area contributed by atoms with Gasteiger partial charge in [0.1, 0.15) is 17.1 Å². The van der Waals surface area contributed by atoms with Gasteiger partial charge in [-0.15, -0.1) is 0 Å². The molecule has 0 heterocycles. The number of ether oxygens (including phenoxy) is 3. The lowest BCUT2D eigenvalue weighted by Crippen LogP contribution is -2.66. The summed E-state index contributed by atoms with van der Waals surface area (Å²) in [7, 11) is 0.835.